The van der Waals surface area contributed by atoms with Crippen molar-refractivity contribution in [1.29, 1.82) is 0 Å². The Bertz CT molecular complexity index is 1060. The fraction of sp³-hybridized carbons (Fsp3) is 0.400. The van der Waals surface area contributed by atoms with Crippen molar-refractivity contribution in [2.75, 3.05) is 25.6 Å². The second kappa shape index (κ2) is 10.5. The summed E-state index contributed by atoms with van der Waals surface area (Å²) in [7, 11) is 0. The number of carbonyl (C=O) groups excluding carboxylic acids is 1. The average molecular weight is 475 g/mol. The Morgan fingerprint density at radius 2 is 1.97 bits per heavy atom. The molecule has 1 unspecified atom stereocenters. The number of aromatic nitrogens is 1. The van der Waals surface area contributed by atoms with Crippen molar-refractivity contribution in [2.24, 2.45) is 0 Å². The minimum absolute atomic E-state index is 0.262. The predicted molar refractivity (Wildman–Crippen MR) is 129 cm³/mol. The monoisotopic (exact) mass is 474 g/mol. The third kappa shape index (κ3) is 4.84. The molecule has 4 rings (SSSR count). The molecule has 0 fully saturated rings. The van der Waals surface area contributed by atoms with E-state index < -0.39 is 0 Å². The number of halogens is 2. The third-order valence-corrected chi connectivity index (χ3v) is 6.34. The number of benzene rings is 2. The largest absolute Gasteiger partial charge is 0.494 e. The number of carbonyl (C=O) groups is 1. The Kier molecular flexibility index (Phi) is 7.48. The molecule has 170 valence electrons. The van der Waals surface area contributed by atoms with Crippen LogP contribution < -0.4 is 4.74 Å². The molecule has 1 aromatic heterocycles. The minimum Gasteiger partial charge on any atom is -0.494 e. The summed E-state index contributed by atoms with van der Waals surface area (Å²) >= 11 is 12.0. The molecule has 1 aliphatic heterocycles. The molecule has 1 N–H and O–H groups in total. The summed E-state index contributed by atoms with van der Waals surface area (Å²) in [6, 6.07) is 13.6. The van der Waals surface area contributed by atoms with Gasteiger partial charge in [0, 0.05) is 34.0 Å². The van der Waals surface area contributed by atoms with Gasteiger partial charge in [-0.1, -0.05) is 23.7 Å². The number of amides is 1. The van der Waals surface area contributed by atoms with Crippen molar-refractivity contribution < 1.29 is 14.3 Å². The van der Waals surface area contributed by atoms with E-state index in [1.807, 2.05) is 49.4 Å². The topological polar surface area (TPSA) is 54.6 Å². The van der Waals surface area contributed by atoms with Crippen LogP contribution in [0, 0.1) is 0 Å². The van der Waals surface area contributed by atoms with E-state index in [4.69, 9.17) is 32.7 Å². The quantitative estimate of drug-likeness (QED) is 0.291. The van der Waals surface area contributed by atoms with Crippen molar-refractivity contribution in [1.82, 2.24) is 9.88 Å². The van der Waals surface area contributed by atoms with Gasteiger partial charge in [-0.3, -0.25) is 4.90 Å². The van der Waals surface area contributed by atoms with E-state index in [0.717, 1.165) is 53.6 Å². The van der Waals surface area contributed by atoms with Gasteiger partial charge in [-0.15, -0.1) is 11.6 Å². The number of H-pyrrole nitrogens is 1. The van der Waals surface area contributed by atoms with Crippen LogP contribution in [0.4, 0.5) is 4.79 Å². The Morgan fingerprint density at radius 1 is 1.16 bits per heavy atom. The summed E-state index contributed by atoms with van der Waals surface area (Å²) < 4.78 is 11.2. The molecule has 7 heteroatoms. The first-order valence-corrected chi connectivity index (χ1v) is 12.1. The van der Waals surface area contributed by atoms with Gasteiger partial charge in [0.1, 0.15) is 11.8 Å². The number of aromatic amines is 1. The summed E-state index contributed by atoms with van der Waals surface area (Å²) in [6.07, 6.45) is 3.49. The Morgan fingerprint density at radius 3 is 2.72 bits per heavy atom. The fourth-order valence-electron chi connectivity index (χ4n) is 4.32. The molecule has 0 saturated heterocycles. The molecule has 2 heterocycles. The zero-order valence-electron chi connectivity index (χ0n) is 18.2. The van der Waals surface area contributed by atoms with Gasteiger partial charge in [-0.2, -0.15) is 0 Å². The van der Waals surface area contributed by atoms with Gasteiger partial charge in [0.05, 0.1) is 13.2 Å². The van der Waals surface area contributed by atoms with Gasteiger partial charge in [0.25, 0.3) is 0 Å². The van der Waals surface area contributed by atoms with Crippen LogP contribution >= 0.6 is 23.2 Å². The van der Waals surface area contributed by atoms with E-state index in [1.165, 1.54) is 5.56 Å². The summed E-state index contributed by atoms with van der Waals surface area (Å²) in [4.78, 5) is 18.1. The van der Waals surface area contributed by atoms with E-state index >= 15 is 0 Å². The van der Waals surface area contributed by atoms with Crippen molar-refractivity contribution in [3.8, 4) is 5.75 Å². The summed E-state index contributed by atoms with van der Waals surface area (Å²) in [5.74, 6) is 1.51. The third-order valence-electron chi connectivity index (χ3n) is 5.83. The zero-order valence-corrected chi connectivity index (χ0v) is 19.7. The second-order valence-corrected chi connectivity index (χ2v) is 8.73. The molecule has 3 aromatic rings. The van der Waals surface area contributed by atoms with Gasteiger partial charge in [0.15, 0.2) is 0 Å². The van der Waals surface area contributed by atoms with E-state index in [0.29, 0.717) is 30.7 Å². The molecular formula is C25H28Cl2N2O3. The molecule has 0 saturated carbocycles. The zero-order chi connectivity index (χ0) is 22.5. The van der Waals surface area contributed by atoms with Crippen molar-refractivity contribution >= 4 is 40.2 Å². The van der Waals surface area contributed by atoms with Crippen LogP contribution in [0.15, 0.2) is 42.5 Å². The first-order valence-electron chi connectivity index (χ1n) is 11.1. The highest BCUT2D eigenvalue weighted by atomic mass is 35.5. The summed E-state index contributed by atoms with van der Waals surface area (Å²) in [5, 5.41) is 1.81. The molecule has 5 nitrogen and oxygen atoms in total. The molecule has 0 spiro atoms. The lowest BCUT2D eigenvalue weighted by molar-refractivity contribution is 0.0932. The van der Waals surface area contributed by atoms with E-state index in [9.17, 15) is 4.79 Å². The van der Waals surface area contributed by atoms with Gasteiger partial charge in [-0.25, -0.2) is 4.79 Å². The normalized spacial score (nSPS) is 15.6. The van der Waals surface area contributed by atoms with Crippen molar-refractivity contribution in [3.63, 3.8) is 0 Å². The number of hydrogen-bond donors (Lipinski definition) is 1. The highest BCUT2D eigenvalue weighted by Crippen LogP contribution is 2.39. The maximum Gasteiger partial charge on any atom is 0.410 e. The lowest BCUT2D eigenvalue weighted by Gasteiger charge is -2.35. The second-order valence-electron chi connectivity index (χ2n) is 7.92. The molecule has 1 atom stereocenters. The fourth-order valence-corrected chi connectivity index (χ4v) is 4.68. The number of nitrogens with one attached hydrogen (secondary N) is 1. The first-order chi connectivity index (χ1) is 15.6. The molecule has 1 aliphatic rings. The SMILES string of the molecule is CCOC(=O)N1CCc2c([nH]c3ccc(Cl)cc23)C1c1ccc(OCCCCCCl)cc1. The maximum absolute atomic E-state index is 12.8. The minimum atomic E-state index is -0.306. The molecule has 0 bridgehead atoms. The number of hydrogen-bond acceptors (Lipinski definition) is 3. The highest BCUT2D eigenvalue weighted by Gasteiger charge is 2.35. The van der Waals surface area contributed by atoms with Crippen LogP contribution in [0.2, 0.25) is 5.02 Å². The number of nitrogens with zero attached hydrogens (tertiary/aromatic N) is 1. The maximum atomic E-state index is 12.8. The van der Waals surface area contributed by atoms with E-state index in [-0.39, 0.29) is 12.1 Å². The number of unbranched alkanes of at least 4 members (excludes halogenated alkanes) is 2. The molecule has 1 amide bonds. The Hall–Kier alpha value is -2.37. The van der Waals surface area contributed by atoms with Gasteiger partial charge in [0.2, 0.25) is 0 Å². The summed E-state index contributed by atoms with van der Waals surface area (Å²) in [5.41, 5.74) is 4.24. The molecule has 0 radical (unpaired) electrons. The van der Waals surface area contributed by atoms with Gasteiger partial charge in [-0.05, 0) is 74.1 Å². The number of ether oxygens (including phenoxy) is 2. The van der Waals surface area contributed by atoms with Crippen LogP contribution in [0.3, 0.4) is 0 Å². The number of fused-ring (bicyclic) bond motifs is 3. The van der Waals surface area contributed by atoms with E-state index in [1.54, 1.807) is 4.90 Å². The number of alkyl halides is 1. The number of rotatable bonds is 8. The standard InChI is InChI=1S/C25H28Cl2N2O3/c1-2-31-25(30)29-14-12-20-21-16-18(27)8-11-22(21)28-23(20)24(29)17-6-9-19(10-7-17)32-15-5-3-4-13-26/h6-11,16,24,28H,2-5,12-15H2,1H3. The van der Waals surface area contributed by atoms with Crippen LogP contribution in [-0.4, -0.2) is 41.6 Å². The lowest BCUT2D eigenvalue weighted by atomic mass is 9.92. The van der Waals surface area contributed by atoms with Crippen LogP contribution in [0.1, 0.15) is 49.0 Å². The van der Waals surface area contributed by atoms with Crippen LogP contribution in [-0.2, 0) is 11.2 Å². The van der Waals surface area contributed by atoms with E-state index in [2.05, 4.69) is 4.98 Å². The molecule has 32 heavy (non-hydrogen) atoms. The van der Waals surface area contributed by atoms with Gasteiger partial charge >= 0.3 is 6.09 Å². The van der Waals surface area contributed by atoms with Crippen molar-refractivity contribution in [2.45, 2.75) is 38.6 Å². The lowest BCUT2D eigenvalue weighted by Crippen LogP contribution is -2.40. The summed E-state index contributed by atoms with van der Waals surface area (Å²) in [6.45, 7) is 3.41. The molecule has 2 aromatic carbocycles. The predicted octanol–water partition coefficient (Wildman–Crippen LogP) is 6.71. The van der Waals surface area contributed by atoms with Gasteiger partial charge < -0.3 is 14.5 Å². The molecular weight excluding hydrogens is 447 g/mol. The van der Waals surface area contributed by atoms with Crippen molar-refractivity contribution in [3.05, 3.63) is 64.3 Å². The highest BCUT2D eigenvalue weighted by molar-refractivity contribution is 6.31. The Balaban J connectivity index is 1.63. The molecule has 0 aliphatic carbocycles. The smallest absolute Gasteiger partial charge is 0.410 e. The average Bonchev–Trinajstić information content (AvgIpc) is 3.17. The first kappa shape index (κ1) is 22.8. The Labute approximate surface area is 198 Å². The van der Waals surface area contributed by atoms with Crippen LogP contribution in [0.5, 0.6) is 5.75 Å². The van der Waals surface area contributed by atoms with Crippen LogP contribution in [0.25, 0.3) is 10.9 Å².